The van der Waals surface area contributed by atoms with E-state index >= 15 is 0 Å². The Labute approximate surface area is 148 Å². The highest BCUT2D eigenvalue weighted by molar-refractivity contribution is 5.46. The van der Waals surface area contributed by atoms with Gasteiger partial charge in [-0.25, -0.2) is 14.4 Å². The van der Waals surface area contributed by atoms with E-state index in [1.807, 2.05) is 12.1 Å². The predicted molar refractivity (Wildman–Crippen MR) is 92.3 cm³/mol. The summed E-state index contributed by atoms with van der Waals surface area (Å²) in [4.78, 5) is 12.4. The van der Waals surface area contributed by atoms with E-state index in [1.165, 1.54) is 12.4 Å². The van der Waals surface area contributed by atoms with Gasteiger partial charge in [0.1, 0.15) is 18.0 Å². The lowest BCUT2D eigenvalue weighted by atomic mass is 10.2. The third-order valence-corrected chi connectivity index (χ3v) is 3.87. The van der Waals surface area contributed by atoms with Crippen molar-refractivity contribution in [3.8, 4) is 5.69 Å². The quantitative estimate of drug-likeness (QED) is 0.572. The second-order valence-corrected chi connectivity index (χ2v) is 5.65. The van der Waals surface area contributed by atoms with Crippen molar-refractivity contribution in [1.82, 2.24) is 29.1 Å². The first-order valence-electron chi connectivity index (χ1n) is 7.94. The van der Waals surface area contributed by atoms with E-state index in [-0.39, 0.29) is 5.82 Å². The molecule has 9 heteroatoms. The largest absolute Gasteiger partial charge is 0.378 e. The lowest BCUT2D eigenvalue weighted by Gasteiger charge is -2.11. The van der Waals surface area contributed by atoms with Crippen molar-refractivity contribution >= 4 is 11.6 Å². The van der Waals surface area contributed by atoms with Gasteiger partial charge in [0.25, 0.3) is 5.78 Å². The molecule has 0 aliphatic heterocycles. The van der Waals surface area contributed by atoms with E-state index in [0.29, 0.717) is 30.4 Å². The Bertz CT molecular complexity index is 1030. The average Bonchev–Trinajstić information content (AvgIpc) is 3.31. The number of aromatic nitrogens is 6. The second kappa shape index (κ2) is 6.89. The van der Waals surface area contributed by atoms with Crippen molar-refractivity contribution in [1.29, 1.82) is 0 Å². The Kier molecular flexibility index (Phi) is 4.28. The smallest absolute Gasteiger partial charge is 0.254 e. The van der Waals surface area contributed by atoms with Gasteiger partial charge in [0.05, 0.1) is 24.3 Å². The fourth-order valence-electron chi connectivity index (χ4n) is 2.67. The lowest BCUT2D eigenvalue weighted by Crippen LogP contribution is -2.08. The second-order valence-electron chi connectivity index (χ2n) is 5.65. The van der Waals surface area contributed by atoms with Crippen LogP contribution in [0.25, 0.3) is 11.5 Å². The van der Waals surface area contributed by atoms with Crippen LogP contribution >= 0.6 is 0 Å². The number of rotatable bonds is 6. The maximum atomic E-state index is 14.4. The fraction of sp³-hybridized carbons (Fsp3) is 0.176. The van der Waals surface area contributed by atoms with E-state index in [9.17, 15) is 4.39 Å². The van der Waals surface area contributed by atoms with Gasteiger partial charge in [0.15, 0.2) is 0 Å². The first-order valence-corrected chi connectivity index (χ1v) is 7.94. The first-order chi connectivity index (χ1) is 12.7. The Morgan fingerprint density at radius 1 is 1.27 bits per heavy atom. The van der Waals surface area contributed by atoms with Crippen LogP contribution in [0.5, 0.6) is 0 Å². The maximum absolute atomic E-state index is 14.4. The van der Waals surface area contributed by atoms with Crippen molar-refractivity contribution in [2.45, 2.75) is 13.2 Å². The Hall–Kier alpha value is -3.33. The highest BCUT2D eigenvalue weighted by Gasteiger charge is 2.09. The molecule has 0 atom stereocenters. The SMILES string of the molecule is COCc1cc(NCc2ccc(-n3ccnc3)c(F)c2)n2ncnc2n1. The van der Waals surface area contributed by atoms with Crippen LogP contribution in [0.4, 0.5) is 10.2 Å². The molecule has 3 aromatic heterocycles. The van der Waals surface area contributed by atoms with Gasteiger partial charge in [-0.15, -0.1) is 0 Å². The van der Waals surface area contributed by atoms with Gasteiger partial charge in [-0.2, -0.15) is 14.6 Å². The zero-order valence-electron chi connectivity index (χ0n) is 14.0. The summed E-state index contributed by atoms with van der Waals surface area (Å²) in [6.07, 6.45) is 6.31. The molecule has 26 heavy (non-hydrogen) atoms. The number of nitrogens with one attached hydrogen (secondary N) is 1. The van der Waals surface area contributed by atoms with Crippen molar-refractivity contribution in [3.05, 3.63) is 66.4 Å². The van der Waals surface area contributed by atoms with E-state index in [4.69, 9.17) is 4.74 Å². The van der Waals surface area contributed by atoms with Gasteiger partial charge < -0.3 is 14.6 Å². The molecule has 8 nitrogen and oxygen atoms in total. The standard InChI is InChI=1S/C17H16FN7O/c1-26-9-13-7-16(25-17(23-13)21-10-22-25)20-8-12-2-3-15(14(18)6-12)24-5-4-19-11-24/h2-7,10-11,20H,8-9H2,1H3. The number of halogens is 1. The first kappa shape index (κ1) is 16.2. The summed E-state index contributed by atoms with van der Waals surface area (Å²) in [6, 6.07) is 6.92. The Morgan fingerprint density at radius 2 is 2.19 bits per heavy atom. The summed E-state index contributed by atoms with van der Waals surface area (Å²) in [5.41, 5.74) is 1.98. The molecule has 132 valence electrons. The molecule has 4 rings (SSSR count). The minimum atomic E-state index is -0.317. The normalized spacial score (nSPS) is 11.2. The lowest BCUT2D eigenvalue weighted by molar-refractivity contribution is 0.181. The number of nitrogens with zero attached hydrogens (tertiary/aromatic N) is 6. The molecule has 0 aliphatic rings. The third kappa shape index (κ3) is 3.11. The molecule has 1 aromatic carbocycles. The summed E-state index contributed by atoms with van der Waals surface area (Å²) in [5, 5.41) is 7.40. The number of anilines is 1. The molecule has 3 heterocycles. The monoisotopic (exact) mass is 353 g/mol. The van der Waals surface area contributed by atoms with E-state index in [1.54, 1.807) is 41.0 Å². The minimum absolute atomic E-state index is 0.317. The van der Waals surface area contributed by atoms with Crippen molar-refractivity contribution in [2.75, 3.05) is 12.4 Å². The van der Waals surface area contributed by atoms with Gasteiger partial charge in [0, 0.05) is 32.1 Å². The molecule has 4 aromatic rings. The minimum Gasteiger partial charge on any atom is -0.378 e. The van der Waals surface area contributed by atoms with Crippen LogP contribution in [0.3, 0.4) is 0 Å². The topological polar surface area (TPSA) is 82.2 Å². The molecule has 0 fully saturated rings. The molecular formula is C17H16FN7O. The number of hydrogen-bond acceptors (Lipinski definition) is 6. The zero-order chi connectivity index (χ0) is 17.9. The number of imidazole rings is 1. The maximum Gasteiger partial charge on any atom is 0.254 e. The van der Waals surface area contributed by atoms with Crippen LogP contribution in [-0.4, -0.2) is 36.2 Å². The van der Waals surface area contributed by atoms with Crippen LogP contribution in [0.1, 0.15) is 11.3 Å². The highest BCUT2D eigenvalue weighted by Crippen LogP contribution is 2.17. The number of hydrogen-bond donors (Lipinski definition) is 1. The molecule has 0 spiro atoms. The van der Waals surface area contributed by atoms with Crippen molar-refractivity contribution < 1.29 is 9.13 Å². The molecule has 0 amide bonds. The van der Waals surface area contributed by atoms with Gasteiger partial charge in [-0.3, -0.25) is 0 Å². The zero-order valence-corrected chi connectivity index (χ0v) is 14.0. The summed E-state index contributed by atoms with van der Waals surface area (Å²) in [6.45, 7) is 0.790. The predicted octanol–water partition coefficient (Wildman–Crippen LogP) is 2.21. The third-order valence-electron chi connectivity index (χ3n) is 3.87. The summed E-state index contributed by atoms with van der Waals surface area (Å²) in [7, 11) is 1.60. The van der Waals surface area contributed by atoms with Gasteiger partial charge in [-0.05, 0) is 17.7 Å². The Morgan fingerprint density at radius 3 is 2.96 bits per heavy atom. The molecule has 0 bridgehead atoms. The Balaban J connectivity index is 1.56. The van der Waals surface area contributed by atoms with Crippen molar-refractivity contribution in [2.24, 2.45) is 0 Å². The van der Waals surface area contributed by atoms with Crippen LogP contribution in [0.15, 0.2) is 49.3 Å². The van der Waals surface area contributed by atoms with E-state index < -0.39 is 0 Å². The number of fused-ring (bicyclic) bond motifs is 1. The molecule has 0 unspecified atom stereocenters. The van der Waals surface area contributed by atoms with Crippen molar-refractivity contribution in [3.63, 3.8) is 0 Å². The fourth-order valence-corrected chi connectivity index (χ4v) is 2.67. The summed E-state index contributed by atoms with van der Waals surface area (Å²) >= 11 is 0. The number of methoxy groups -OCH3 is 1. The van der Waals surface area contributed by atoms with Gasteiger partial charge >= 0.3 is 0 Å². The molecular weight excluding hydrogens is 337 g/mol. The van der Waals surface area contributed by atoms with Gasteiger partial charge in [0.2, 0.25) is 0 Å². The number of benzene rings is 1. The van der Waals surface area contributed by atoms with Crippen LogP contribution < -0.4 is 5.32 Å². The van der Waals surface area contributed by atoms with Crippen LogP contribution in [0.2, 0.25) is 0 Å². The summed E-state index contributed by atoms with van der Waals surface area (Å²) < 4.78 is 22.7. The molecule has 0 saturated carbocycles. The van der Waals surface area contributed by atoms with Crippen LogP contribution in [0, 0.1) is 5.82 Å². The van der Waals surface area contributed by atoms with E-state index in [0.717, 1.165) is 11.3 Å². The summed E-state index contributed by atoms with van der Waals surface area (Å²) in [5.74, 6) is 0.866. The number of ether oxygens (including phenoxy) is 1. The molecule has 0 radical (unpaired) electrons. The van der Waals surface area contributed by atoms with Crippen LogP contribution in [-0.2, 0) is 17.9 Å². The van der Waals surface area contributed by atoms with E-state index in [2.05, 4.69) is 25.4 Å². The molecule has 1 N–H and O–H groups in total. The molecule has 0 aliphatic carbocycles. The average molecular weight is 353 g/mol. The highest BCUT2D eigenvalue weighted by atomic mass is 19.1. The van der Waals surface area contributed by atoms with Gasteiger partial charge in [-0.1, -0.05) is 6.07 Å². The molecule has 0 saturated heterocycles.